The Balaban J connectivity index is 1.57. The van der Waals surface area contributed by atoms with Crippen molar-refractivity contribution in [3.05, 3.63) is 88.7 Å². The molecule has 0 radical (unpaired) electrons. The van der Waals surface area contributed by atoms with E-state index in [1.807, 2.05) is 30.3 Å². The Labute approximate surface area is 183 Å². The number of amides is 1. The molecule has 0 aromatic heterocycles. The number of ether oxygens (including phenoxy) is 3. The highest BCUT2D eigenvalue weighted by Crippen LogP contribution is 2.29. The molecule has 31 heavy (non-hydrogen) atoms. The lowest BCUT2D eigenvalue weighted by molar-refractivity contribution is -0.119. The van der Waals surface area contributed by atoms with Gasteiger partial charge in [0, 0.05) is 5.02 Å². The highest BCUT2D eigenvalue weighted by atomic mass is 35.5. The fourth-order valence-electron chi connectivity index (χ4n) is 2.64. The standard InChI is InChI=1S/C23H19ClFNO5/c1-29-21-11-16(7-10-20(21)30-13-15-5-3-2-4-6-15)23(28)31-14-22(27)26-19-9-8-17(24)12-18(19)25/h2-12H,13-14H2,1H3,(H,26,27). The van der Waals surface area contributed by atoms with E-state index in [1.54, 1.807) is 6.07 Å². The number of rotatable bonds is 8. The molecule has 0 bridgehead atoms. The van der Waals surface area contributed by atoms with Crippen molar-refractivity contribution in [1.29, 1.82) is 0 Å². The van der Waals surface area contributed by atoms with Crippen LogP contribution in [0.2, 0.25) is 5.02 Å². The van der Waals surface area contributed by atoms with Crippen LogP contribution in [0.25, 0.3) is 0 Å². The van der Waals surface area contributed by atoms with Crippen molar-refractivity contribution < 1.29 is 28.2 Å². The summed E-state index contributed by atoms with van der Waals surface area (Å²) in [6.45, 7) is -0.252. The van der Waals surface area contributed by atoms with Crippen LogP contribution >= 0.6 is 11.6 Å². The van der Waals surface area contributed by atoms with E-state index in [1.165, 1.54) is 31.4 Å². The van der Waals surface area contributed by atoms with Crippen LogP contribution in [0.5, 0.6) is 11.5 Å². The maximum Gasteiger partial charge on any atom is 0.338 e. The minimum absolute atomic E-state index is 0.0629. The molecule has 6 nitrogen and oxygen atoms in total. The summed E-state index contributed by atoms with van der Waals surface area (Å²) in [6.07, 6.45) is 0. The zero-order chi connectivity index (χ0) is 22.2. The molecule has 0 aliphatic heterocycles. The highest BCUT2D eigenvalue weighted by Gasteiger charge is 2.15. The Morgan fingerprint density at radius 2 is 1.77 bits per heavy atom. The number of esters is 1. The van der Waals surface area contributed by atoms with Crippen LogP contribution in [0.1, 0.15) is 15.9 Å². The summed E-state index contributed by atoms with van der Waals surface area (Å²) in [6, 6.07) is 17.9. The third-order valence-corrected chi connectivity index (χ3v) is 4.41. The van der Waals surface area contributed by atoms with E-state index in [9.17, 15) is 14.0 Å². The van der Waals surface area contributed by atoms with Crippen LogP contribution in [-0.2, 0) is 16.1 Å². The molecule has 0 spiro atoms. The molecule has 1 N–H and O–H groups in total. The molecular formula is C23H19ClFNO5. The number of hydrogen-bond acceptors (Lipinski definition) is 5. The maximum absolute atomic E-state index is 13.7. The van der Waals surface area contributed by atoms with Crippen molar-refractivity contribution in [3.63, 3.8) is 0 Å². The minimum atomic E-state index is -0.736. The first-order valence-electron chi connectivity index (χ1n) is 9.23. The Morgan fingerprint density at radius 3 is 2.48 bits per heavy atom. The van der Waals surface area contributed by atoms with E-state index >= 15 is 0 Å². The second kappa shape index (κ2) is 10.4. The number of halogens is 2. The minimum Gasteiger partial charge on any atom is -0.493 e. The highest BCUT2D eigenvalue weighted by molar-refractivity contribution is 6.30. The molecule has 0 unspecified atom stereocenters. The largest absolute Gasteiger partial charge is 0.493 e. The SMILES string of the molecule is COc1cc(C(=O)OCC(=O)Nc2ccc(Cl)cc2F)ccc1OCc1ccccc1. The van der Waals surface area contributed by atoms with E-state index in [0.29, 0.717) is 18.1 Å². The molecule has 0 heterocycles. The molecule has 0 saturated carbocycles. The quantitative estimate of drug-likeness (QED) is 0.503. The predicted octanol–water partition coefficient (Wildman–Crippen LogP) is 4.86. The molecule has 3 rings (SSSR count). The topological polar surface area (TPSA) is 73.9 Å². The summed E-state index contributed by atoms with van der Waals surface area (Å²) in [5.41, 5.74) is 1.09. The van der Waals surface area contributed by atoms with Crippen LogP contribution < -0.4 is 14.8 Å². The molecular weight excluding hydrogens is 425 g/mol. The van der Waals surface area contributed by atoms with Gasteiger partial charge in [0.2, 0.25) is 0 Å². The first kappa shape index (κ1) is 22.1. The van der Waals surface area contributed by atoms with Crippen LogP contribution in [0, 0.1) is 5.82 Å². The van der Waals surface area contributed by atoms with Crippen molar-refractivity contribution in [2.24, 2.45) is 0 Å². The van der Waals surface area contributed by atoms with E-state index in [-0.39, 0.29) is 16.3 Å². The number of carbonyl (C=O) groups is 2. The molecule has 3 aromatic rings. The Kier molecular flexibility index (Phi) is 7.45. The lowest BCUT2D eigenvalue weighted by atomic mass is 10.2. The van der Waals surface area contributed by atoms with Gasteiger partial charge < -0.3 is 19.5 Å². The summed E-state index contributed by atoms with van der Waals surface area (Å²) in [5, 5.41) is 2.51. The molecule has 0 atom stereocenters. The Morgan fingerprint density at radius 1 is 1.00 bits per heavy atom. The third-order valence-electron chi connectivity index (χ3n) is 4.18. The Hall–Kier alpha value is -3.58. The monoisotopic (exact) mass is 443 g/mol. The van der Waals surface area contributed by atoms with Crippen molar-refractivity contribution in [1.82, 2.24) is 0 Å². The van der Waals surface area contributed by atoms with E-state index < -0.39 is 24.3 Å². The average Bonchev–Trinajstić information content (AvgIpc) is 2.78. The summed E-state index contributed by atoms with van der Waals surface area (Å²) in [7, 11) is 1.45. The summed E-state index contributed by atoms with van der Waals surface area (Å²) >= 11 is 5.67. The number of hydrogen-bond donors (Lipinski definition) is 1. The molecule has 0 saturated heterocycles. The van der Waals surface area contributed by atoms with Gasteiger partial charge in [-0.1, -0.05) is 41.9 Å². The van der Waals surface area contributed by atoms with Gasteiger partial charge in [0.05, 0.1) is 18.4 Å². The number of methoxy groups -OCH3 is 1. The van der Waals surface area contributed by atoms with Crippen LogP contribution in [0.4, 0.5) is 10.1 Å². The van der Waals surface area contributed by atoms with Gasteiger partial charge in [0.1, 0.15) is 12.4 Å². The zero-order valence-corrected chi connectivity index (χ0v) is 17.3. The smallest absolute Gasteiger partial charge is 0.338 e. The normalized spacial score (nSPS) is 10.3. The second-order valence-corrected chi connectivity index (χ2v) is 6.82. The lowest BCUT2D eigenvalue weighted by Gasteiger charge is -2.12. The first-order chi connectivity index (χ1) is 15.0. The van der Waals surface area contributed by atoms with Gasteiger partial charge in [-0.25, -0.2) is 9.18 Å². The number of nitrogens with one attached hydrogen (secondary N) is 1. The Bertz CT molecular complexity index is 1070. The summed E-state index contributed by atoms with van der Waals surface area (Å²) in [4.78, 5) is 24.2. The molecule has 1 amide bonds. The van der Waals surface area contributed by atoms with Crippen molar-refractivity contribution in [2.45, 2.75) is 6.61 Å². The number of anilines is 1. The molecule has 0 aliphatic carbocycles. The number of benzene rings is 3. The first-order valence-corrected chi connectivity index (χ1v) is 9.61. The maximum atomic E-state index is 13.7. The van der Waals surface area contributed by atoms with Gasteiger partial charge >= 0.3 is 5.97 Å². The molecule has 160 valence electrons. The second-order valence-electron chi connectivity index (χ2n) is 6.39. The third kappa shape index (κ3) is 6.20. The van der Waals surface area contributed by atoms with Gasteiger partial charge in [-0.05, 0) is 42.0 Å². The van der Waals surface area contributed by atoms with Gasteiger partial charge in [-0.15, -0.1) is 0 Å². The van der Waals surface area contributed by atoms with Gasteiger partial charge in [-0.2, -0.15) is 0 Å². The van der Waals surface area contributed by atoms with E-state index in [0.717, 1.165) is 11.6 Å². The lowest BCUT2D eigenvalue weighted by Crippen LogP contribution is -2.21. The van der Waals surface area contributed by atoms with Crippen LogP contribution in [-0.4, -0.2) is 25.6 Å². The van der Waals surface area contributed by atoms with Crippen molar-refractivity contribution in [3.8, 4) is 11.5 Å². The van der Waals surface area contributed by atoms with Crippen LogP contribution in [0.3, 0.4) is 0 Å². The fourth-order valence-corrected chi connectivity index (χ4v) is 2.80. The zero-order valence-electron chi connectivity index (χ0n) is 16.6. The predicted molar refractivity (Wildman–Crippen MR) is 114 cm³/mol. The molecule has 3 aromatic carbocycles. The van der Waals surface area contributed by atoms with Gasteiger partial charge in [0.15, 0.2) is 18.1 Å². The van der Waals surface area contributed by atoms with Crippen LogP contribution in [0.15, 0.2) is 66.7 Å². The number of carbonyl (C=O) groups excluding carboxylic acids is 2. The van der Waals surface area contributed by atoms with E-state index in [2.05, 4.69) is 5.32 Å². The molecule has 0 aliphatic rings. The van der Waals surface area contributed by atoms with Crippen molar-refractivity contribution >= 4 is 29.2 Å². The fraction of sp³-hybridized carbons (Fsp3) is 0.130. The summed E-state index contributed by atoms with van der Waals surface area (Å²) in [5.74, 6) is -1.32. The van der Waals surface area contributed by atoms with E-state index in [4.69, 9.17) is 25.8 Å². The van der Waals surface area contributed by atoms with Gasteiger partial charge in [0.25, 0.3) is 5.91 Å². The van der Waals surface area contributed by atoms with Gasteiger partial charge in [-0.3, -0.25) is 4.79 Å². The van der Waals surface area contributed by atoms with Crippen molar-refractivity contribution in [2.75, 3.05) is 19.0 Å². The average molecular weight is 444 g/mol. The summed E-state index contributed by atoms with van der Waals surface area (Å²) < 4.78 is 29.8. The molecule has 0 fully saturated rings. The molecule has 8 heteroatoms.